The maximum absolute atomic E-state index is 9.63. The van der Waals surface area contributed by atoms with Crippen LogP contribution in [-0.4, -0.2) is 25.9 Å². The van der Waals surface area contributed by atoms with E-state index in [2.05, 4.69) is 31.3 Å². The Kier molecular flexibility index (Phi) is 4.16. The number of rotatable bonds is 6. The molecule has 1 aromatic rings. The predicted molar refractivity (Wildman–Crippen MR) is 77.6 cm³/mol. The highest BCUT2D eigenvalue weighted by Crippen LogP contribution is 2.54. The minimum atomic E-state index is 0.0393. The van der Waals surface area contributed by atoms with Crippen LogP contribution in [0.4, 0.5) is 0 Å². The molecule has 0 amide bonds. The molecule has 1 aliphatic rings. The highest BCUT2D eigenvalue weighted by atomic mass is 16.5. The van der Waals surface area contributed by atoms with Crippen molar-refractivity contribution in [3.63, 3.8) is 0 Å². The Hall–Kier alpha value is -1.06. The van der Waals surface area contributed by atoms with Crippen LogP contribution in [0.5, 0.6) is 5.75 Å². The maximum atomic E-state index is 9.63. The summed E-state index contributed by atoms with van der Waals surface area (Å²) in [5, 5.41) is 13.0. The third kappa shape index (κ3) is 2.63. The van der Waals surface area contributed by atoms with Crippen LogP contribution in [0, 0.1) is 5.41 Å². The molecule has 0 spiro atoms. The van der Waals surface area contributed by atoms with Gasteiger partial charge in [-0.15, -0.1) is 0 Å². The van der Waals surface area contributed by atoms with Gasteiger partial charge in [0.1, 0.15) is 5.75 Å². The molecule has 2 N–H and O–H groups in total. The SMILES string of the molecule is CNC(c1ccc(OC)c(C(C)C)c1)C1(CO)CC1. The number of aliphatic hydroxyl groups is 1. The van der Waals surface area contributed by atoms with Crippen LogP contribution in [0.1, 0.15) is 49.8 Å². The molecule has 1 atom stereocenters. The fourth-order valence-electron chi connectivity index (χ4n) is 2.91. The molecular formula is C16H25NO2. The van der Waals surface area contributed by atoms with Crippen LogP contribution < -0.4 is 10.1 Å². The topological polar surface area (TPSA) is 41.5 Å². The fraction of sp³-hybridized carbons (Fsp3) is 0.625. The normalized spacial score (nSPS) is 18.4. The van der Waals surface area contributed by atoms with Crippen LogP contribution in [0.25, 0.3) is 0 Å². The first-order valence-corrected chi connectivity index (χ1v) is 7.04. The van der Waals surface area contributed by atoms with Crippen molar-refractivity contribution in [3.05, 3.63) is 29.3 Å². The van der Waals surface area contributed by atoms with Crippen molar-refractivity contribution >= 4 is 0 Å². The molecule has 0 saturated heterocycles. The average Bonchev–Trinajstić information content (AvgIpc) is 3.20. The second-order valence-electron chi connectivity index (χ2n) is 5.90. The van der Waals surface area contributed by atoms with E-state index in [0.717, 1.165) is 18.6 Å². The minimum absolute atomic E-state index is 0.0393. The Morgan fingerprint density at radius 2 is 2.05 bits per heavy atom. The first-order chi connectivity index (χ1) is 9.07. The van der Waals surface area contributed by atoms with E-state index in [4.69, 9.17) is 4.74 Å². The Morgan fingerprint density at radius 1 is 1.37 bits per heavy atom. The summed E-state index contributed by atoms with van der Waals surface area (Å²) in [5.41, 5.74) is 2.52. The molecule has 3 heteroatoms. The monoisotopic (exact) mass is 263 g/mol. The van der Waals surface area contributed by atoms with Gasteiger partial charge in [0.25, 0.3) is 0 Å². The molecule has 19 heavy (non-hydrogen) atoms. The van der Waals surface area contributed by atoms with E-state index in [-0.39, 0.29) is 18.1 Å². The van der Waals surface area contributed by atoms with Crippen molar-refractivity contribution in [2.24, 2.45) is 5.41 Å². The highest BCUT2D eigenvalue weighted by Gasteiger charge is 2.49. The highest BCUT2D eigenvalue weighted by molar-refractivity contribution is 5.41. The van der Waals surface area contributed by atoms with Gasteiger partial charge >= 0.3 is 0 Å². The van der Waals surface area contributed by atoms with Crippen LogP contribution in [0.2, 0.25) is 0 Å². The van der Waals surface area contributed by atoms with E-state index < -0.39 is 0 Å². The first kappa shape index (κ1) is 14.4. The maximum Gasteiger partial charge on any atom is 0.122 e. The van der Waals surface area contributed by atoms with Crippen molar-refractivity contribution in [1.29, 1.82) is 0 Å². The summed E-state index contributed by atoms with van der Waals surface area (Å²) in [4.78, 5) is 0. The summed E-state index contributed by atoms with van der Waals surface area (Å²) < 4.78 is 5.43. The fourth-order valence-corrected chi connectivity index (χ4v) is 2.91. The van der Waals surface area contributed by atoms with Crippen molar-refractivity contribution in [2.75, 3.05) is 20.8 Å². The van der Waals surface area contributed by atoms with Gasteiger partial charge in [-0.2, -0.15) is 0 Å². The van der Waals surface area contributed by atoms with Gasteiger partial charge in [-0.05, 0) is 43.0 Å². The number of benzene rings is 1. The lowest BCUT2D eigenvalue weighted by atomic mass is 9.88. The van der Waals surface area contributed by atoms with Gasteiger partial charge < -0.3 is 15.2 Å². The molecule has 1 aliphatic carbocycles. The lowest BCUT2D eigenvalue weighted by Gasteiger charge is -2.26. The van der Waals surface area contributed by atoms with E-state index in [1.165, 1.54) is 11.1 Å². The number of hydrogen-bond acceptors (Lipinski definition) is 3. The summed E-state index contributed by atoms with van der Waals surface area (Å²) in [5.74, 6) is 1.37. The van der Waals surface area contributed by atoms with Crippen molar-refractivity contribution in [2.45, 2.75) is 38.6 Å². The van der Waals surface area contributed by atoms with E-state index in [9.17, 15) is 5.11 Å². The first-order valence-electron chi connectivity index (χ1n) is 7.04. The van der Waals surface area contributed by atoms with Gasteiger partial charge in [0, 0.05) is 11.5 Å². The summed E-state index contributed by atoms with van der Waals surface area (Å²) in [6.07, 6.45) is 2.19. The largest absolute Gasteiger partial charge is 0.496 e. The Balaban J connectivity index is 2.36. The second kappa shape index (κ2) is 5.51. The molecule has 0 bridgehead atoms. The number of nitrogens with one attached hydrogen (secondary N) is 1. The van der Waals surface area contributed by atoms with Gasteiger partial charge in [-0.25, -0.2) is 0 Å². The van der Waals surface area contributed by atoms with Crippen molar-refractivity contribution in [1.82, 2.24) is 5.32 Å². The number of hydrogen-bond donors (Lipinski definition) is 2. The number of ether oxygens (including phenoxy) is 1. The zero-order valence-corrected chi connectivity index (χ0v) is 12.4. The van der Waals surface area contributed by atoms with Gasteiger partial charge in [0.15, 0.2) is 0 Å². The number of methoxy groups -OCH3 is 1. The second-order valence-corrected chi connectivity index (χ2v) is 5.90. The van der Waals surface area contributed by atoms with Gasteiger partial charge in [0.2, 0.25) is 0 Å². The van der Waals surface area contributed by atoms with E-state index in [1.54, 1.807) is 7.11 Å². The lowest BCUT2D eigenvalue weighted by Crippen LogP contribution is -2.29. The Labute approximate surface area is 116 Å². The molecule has 0 aromatic heterocycles. The third-order valence-corrected chi connectivity index (χ3v) is 4.32. The minimum Gasteiger partial charge on any atom is -0.496 e. The molecule has 1 aromatic carbocycles. The molecular weight excluding hydrogens is 238 g/mol. The molecule has 1 saturated carbocycles. The van der Waals surface area contributed by atoms with E-state index in [0.29, 0.717) is 5.92 Å². The quantitative estimate of drug-likeness (QED) is 0.829. The van der Waals surface area contributed by atoms with E-state index >= 15 is 0 Å². The van der Waals surface area contributed by atoms with Crippen LogP contribution in [0.3, 0.4) is 0 Å². The van der Waals surface area contributed by atoms with Crippen molar-refractivity contribution < 1.29 is 9.84 Å². The van der Waals surface area contributed by atoms with Gasteiger partial charge in [-0.3, -0.25) is 0 Å². The molecule has 1 fully saturated rings. The van der Waals surface area contributed by atoms with E-state index in [1.807, 2.05) is 13.1 Å². The number of aliphatic hydroxyl groups excluding tert-OH is 1. The van der Waals surface area contributed by atoms with Gasteiger partial charge in [-0.1, -0.05) is 26.0 Å². The summed E-state index contributed by atoms with van der Waals surface area (Å²) in [6, 6.07) is 6.60. The zero-order chi connectivity index (χ0) is 14.0. The summed E-state index contributed by atoms with van der Waals surface area (Å²) in [7, 11) is 3.69. The molecule has 106 valence electrons. The molecule has 3 nitrogen and oxygen atoms in total. The molecule has 1 unspecified atom stereocenters. The smallest absolute Gasteiger partial charge is 0.122 e. The van der Waals surface area contributed by atoms with Crippen LogP contribution >= 0.6 is 0 Å². The average molecular weight is 263 g/mol. The third-order valence-electron chi connectivity index (χ3n) is 4.32. The molecule has 0 aliphatic heterocycles. The molecule has 2 rings (SSSR count). The Bertz CT molecular complexity index is 438. The summed E-state index contributed by atoms with van der Waals surface area (Å²) >= 11 is 0. The van der Waals surface area contributed by atoms with Crippen LogP contribution in [-0.2, 0) is 0 Å². The predicted octanol–water partition coefficient (Wildman–Crippen LogP) is 2.85. The Morgan fingerprint density at radius 3 is 2.47 bits per heavy atom. The van der Waals surface area contributed by atoms with Crippen LogP contribution in [0.15, 0.2) is 18.2 Å². The van der Waals surface area contributed by atoms with Crippen molar-refractivity contribution in [3.8, 4) is 5.75 Å². The molecule has 0 radical (unpaired) electrons. The zero-order valence-electron chi connectivity index (χ0n) is 12.4. The van der Waals surface area contributed by atoms with Gasteiger partial charge in [0.05, 0.1) is 13.7 Å². The lowest BCUT2D eigenvalue weighted by molar-refractivity contribution is 0.175. The summed E-state index contributed by atoms with van der Waals surface area (Å²) in [6.45, 7) is 4.60. The molecule has 0 heterocycles. The standard InChI is InChI=1S/C16H25NO2/c1-11(2)13-9-12(5-6-14(13)19-4)15(17-3)16(10-18)7-8-16/h5-6,9,11,15,17-18H,7-8,10H2,1-4H3.